The van der Waals surface area contributed by atoms with E-state index in [1.807, 2.05) is 17.9 Å². The van der Waals surface area contributed by atoms with E-state index in [4.69, 9.17) is 4.74 Å². The molecule has 2 unspecified atom stereocenters. The summed E-state index contributed by atoms with van der Waals surface area (Å²) < 4.78 is 6.75. The van der Waals surface area contributed by atoms with Crippen molar-refractivity contribution in [1.29, 1.82) is 0 Å². The number of carbonyl (C=O) groups is 2. The Labute approximate surface area is 175 Å². The third-order valence-electron chi connectivity index (χ3n) is 5.74. The lowest BCUT2D eigenvalue weighted by Crippen LogP contribution is -2.49. The number of likely N-dealkylation sites (tertiary alicyclic amines) is 1. The van der Waals surface area contributed by atoms with E-state index < -0.39 is 0 Å². The number of ether oxygens (including phenoxy) is 1. The number of hydrogen-bond acceptors (Lipinski definition) is 8. The van der Waals surface area contributed by atoms with Gasteiger partial charge in [-0.2, -0.15) is 5.10 Å². The van der Waals surface area contributed by atoms with Crippen LogP contribution in [0.4, 0.5) is 5.82 Å². The molecule has 10 nitrogen and oxygen atoms in total. The number of aromatic nitrogens is 5. The standard InChI is InChI=1S/C20H27N7O3/c1-2-30-20(29)16-6-4-8-26(11-16)19(28)15-5-3-7-25(10-15)17-9-18(23-13-22-17)27-14-21-12-24-27/h9,12-16H,2-8,10-11H2,1H3. The van der Waals surface area contributed by atoms with Gasteiger partial charge in [0.2, 0.25) is 5.91 Å². The van der Waals surface area contributed by atoms with Crippen LogP contribution >= 0.6 is 0 Å². The Balaban J connectivity index is 1.42. The van der Waals surface area contributed by atoms with Gasteiger partial charge >= 0.3 is 5.97 Å². The summed E-state index contributed by atoms with van der Waals surface area (Å²) in [5.74, 6) is 1.02. The predicted molar refractivity (Wildman–Crippen MR) is 108 cm³/mol. The number of anilines is 1. The van der Waals surface area contributed by atoms with Crippen molar-refractivity contribution in [2.75, 3.05) is 37.7 Å². The van der Waals surface area contributed by atoms with Gasteiger partial charge in [0.1, 0.15) is 24.8 Å². The summed E-state index contributed by atoms with van der Waals surface area (Å²) in [5.41, 5.74) is 0. The number of hydrogen-bond donors (Lipinski definition) is 0. The van der Waals surface area contributed by atoms with Crippen LogP contribution in [0.3, 0.4) is 0 Å². The molecule has 0 aromatic carbocycles. The van der Waals surface area contributed by atoms with Crippen molar-refractivity contribution in [2.45, 2.75) is 32.6 Å². The number of rotatable bonds is 5. The predicted octanol–water partition coefficient (Wildman–Crippen LogP) is 1.08. The Morgan fingerprint density at radius 3 is 2.67 bits per heavy atom. The third-order valence-corrected chi connectivity index (χ3v) is 5.74. The molecule has 2 aliphatic rings. The van der Waals surface area contributed by atoms with Crippen molar-refractivity contribution in [3.05, 3.63) is 25.0 Å². The fraction of sp³-hybridized carbons (Fsp3) is 0.600. The van der Waals surface area contributed by atoms with Crippen LogP contribution in [0.5, 0.6) is 0 Å². The lowest BCUT2D eigenvalue weighted by molar-refractivity contribution is -0.152. The first-order valence-electron chi connectivity index (χ1n) is 10.5. The molecule has 4 rings (SSSR count). The van der Waals surface area contributed by atoms with E-state index in [1.54, 1.807) is 11.0 Å². The minimum absolute atomic E-state index is 0.107. The van der Waals surface area contributed by atoms with Gasteiger partial charge in [0, 0.05) is 32.2 Å². The van der Waals surface area contributed by atoms with Crippen molar-refractivity contribution in [3.8, 4) is 5.82 Å². The minimum Gasteiger partial charge on any atom is -0.466 e. The summed E-state index contributed by atoms with van der Waals surface area (Å²) in [4.78, 5) is 41.9. The first kappa shape index (κ1) is 20.2. The second-order valence-corrected chi connectivity index (χ2v) is 7.74. The van der Waals surface area contributed by atoms with E-state index in [1.165, 1.54) is 12.7 Å². The van der Waals surface area contributed by atoms with Gasteiger partial charge < -0.3 is 14.5 Å². The highest BCUT2D eigenvalue weighted by atomic mass is 16.5. The summed E-state index contributed by atoms with van der Waals surface area (Å²) >= 11 is 0. The van der Waals surface area contributed by atoms with Crippen LogP contribution in [0.1, 0.15) is 32.6 Å². The van der Waals surface area contributed by atoms with E-state index in [2.05, 4.69) is 25.0 Å². The number of carbonyl (C=O) groups excluding carboxylic acids is 2. The van der Waals surface area contributed by atoms with Crippen molar-refractivity contribution >= 4 is 17.7 Å². The number of piperidine rings is 2. The zero-order chi connectivity index (χ0) is 20.9. The van der Waals surface area contributed by atoms with Gasteiger partial charge in [-0.3, -0.25) is 9.59 Å². The Bertz CT molecular complexity index is 873. The molecule has 160 valence electrons. The second-order valence-electron chi connectivity index (χ2n) is 7.74. The summed E-state index contributed by atoms with van der Waals surface area (Å²) in [6.45, 7) is 4.78. The van der Waals surface area contributed by atoms with Crippen LogP contribution in [-0.2, 0) is 14.3 Å². The third kappa shape index (κ3) is 4.42. The maximum Gasteiger partial charge on any atom is 0.310 e. The minimum atomic E-state index is -0.213. The topological polar surface area (TPSA) is 106 Å². The molecule has 2 fully saturated rings. The lowest BCUT2D eigenvalue weighted by atomic mass is 9.93. The highest BCUT2D eigenvalue weighted by Crippen LogP contribution is 2.26. The molecule has 2 aromatic heterocycles. The highest BCUT2D eigenvalue weighted by molar-refractivity contribution is 5.81. The molecule has 0 saturated carbocycles. The number of nitrogens with zero attached hydrogens (tertiary/aromatic N) is 7. The van der Waals surface area contributed by atoms with Gasteiger partial charge in [-0.15, -0.1) is 0 Å². The van der Waals surface area contributed by atoms with Crippen molar-refractivity contribution in [2.24, 2.45) is 11.8 Å². The second kappa shape index (κ2) is 9.19. The molecular weight excluding hydrogens is 386 g/mol. The van der Waals surface area contributed by atoms with Crippen molar-refractivity contribution < 1.29 is 14.3 Å². The maximum absolute atomic E-state index is 13.2. The Kier molecular flexibility index (Phi) is 6.20. The first-order chi connectivity index (χ1) is 14.7. The van der Waals surface area contributed by atoms with Gasteiger partial charge in [0.05, 0.1) is 18.4 Å². The van der Waals surface area contributed by atoms with E-state index in [0.29, 0.717) is 32.1 Å². The van der Waals surface area contributed by atoms with Crippen LogP contribution in [0.15, 0.2) is 25.0 Å². The molecule has 0 radical (unpaired) electrons. The fourth-order valence-electron chi connectivity index (χ4n) is 4.24. The molecule has 10 heteroatoms. The van der Waals surface area contributed by atoms with Crippen LogP contribution in [0.25, 0.3) is 5.82 Å². The lowest BCUT2D eigenvalue weighted by Gasteiger charge is -2.38. The van der Waals surface area contributed by atoms with Gasteiger partial charge in [-0.1, -0.05) is 0 Å². The molecule has 1 amide bonds. The number of esters is 1. The summed E-state index contributed by atoms with van der Waals surface area (Å²) in [6.07, 6.45) is 7.92. The molecular formula is C20H27N7O3. The molecule has 0 aliphatic carbocycles. The largest absolute Gasteiger partial charge is 0.466 e. The van der Waals surface area contributed by atoms with Crippen LogP contribution in [0, 0.1) is 11.8 Å². The SMILES string of the molecule is CCOC(=O)C1CCCN(C(=O)C2CCCN(c3cc(-n4cncn4)ncn3)C2)C1. The van der Waals surface area contributed by atoms with E-state index >= 15 is 0 Å². The zero-order valence-corrected chi connectivity index (χ0v) is 17.2. The quantitative estimate of drug-likeness (QED) is 0.670. The van der Waals surface area contributed by atoms with Crippen LogP contribution in [-0.4, -0.2) is 74.3 Å². The fourth-order valence-corrected chi connectivity index (χ4v) is 4.24. The zero-order valence-electron chi connectivity index (χ0n) is 17.2. The summed E-state index contributed by atoms with van der Waals surface area (Å²) in [5, 5.41) is 4.11. The molecule has 4 heterocycles. The normalized spacial score (nSPS) is 22.0. The molecule has 2 atom stereocenters. The molecule has 2 aromatic rings. The average Bonchev–Trinajstić information content (AvgIpc) is 3.34. The Morgan fingerprint density at radius 1 is 1.07 bits per heavy atom. The van der Waals surface area contributed by atoms with E-state index in [0.717, 1.165) is 38.0 Å². The van der Waals surface area contributed by atoms with Crippen molar-refractivity contribution in [3.63, 3.8) is 0 Å². The molecule has 2 aliphatic heterocycles. The number of amides is 1. The first-order valence-corrected chi connectivity index (χ1v) is 10.5. The summed E-state index contributed by atoms with van der Waals surface area (Å²) in [7, 11) is 0. The van der Waals surface area contributed by atoms with Gasteiger partial charge in [-0.25, -0.2) is 19.6 Å². The van der Waals surface area contributed by atoms with E-state index in [-0.39, 0.29) is 23.7 Å². The molecule has 30 heavy (non-hydrogen) atoms. The van der Waals surface area contributed by atoms with Crippen molar-refractivity contribution in [1.82, 2.24) is 29.6 Å². The molecule has 0 N–H and O–H groups in total. The smallest absolute Gasteiger partial charge is 0.310 e. The van der Waals surface area contributed by atoms with Gasteiger partial charge in [0.15, 0.2) is 5.82 Å². The van der Waals surface area contributed by atoms with Crippen LogP contribution in [0.2, 0.25) is 0 Å². The Hall–Kier alpha value is -3.04. The molecule has 0 bridgehead atoms. The van der Waals surface area contributed by atoms with Gasteiger partial charge in [-0.05, 0) is 32.6 Å². The van der Waals surface area contributed by atoms with Crippen LogP contribution < -0.4 is 4.90 Å². The Morgan fingerprint density at radius 2 is 1.87 bits per heavy atom. The highest BCUT2D eigenvalue weighted by Gasteiger charge is 2.34. The maximum atomic E-state index is 13.2. The molecule has 0 spiro atoms. The summed E-state index contributed by atoms with van der Waals surface area (Å²) in [6, 6.07) is 1.86. The van der Waals surface area contributed by atoms with Gasteiger partial charge in [0.25, 0.3) is 0 Å². The molecule has 2 saturated heterocycles. The average molecular weight is 413 g/mol. The van der Waals surface area contributed by atoms with E-state index in [9.17, 15) is 9.59 Å². The monoisotopic (exact) mass is 413 g/mol.